The maximum atomic E-state index is 12.4. The monoisotopic (exact) mass is 354 g/mol. The number of nitrogens with one attached hydrogen (secondary N) is 2. The van der Waals surface area contributed by atoms with Crippen LogP contribution in [0.25, 0.3) is 0 Å². The van der Waals surface area contributed by atoms with Gasteiger partial charge in [0.15, 0.2) is 0 Å². The third-order valence-electron chi connectivity index (χ3n) is 3.87. The summed E-state index contributed by atoms with van der Waals surface area (Å²) in [7, 11) is 0. The summed E-state index contributed by atoms with van der Waals surface area (Å²) < 4.78 is 0. The Balaban J connectivity index is 1.69. The van der Waals surface area contributed by atoms with Gasteiger partial charge in [0.05, 0.1) is 17.0 Å². The Hall–Kier alpha value is -3.59. The van der Waals surface area contributed by atoms with Gasteiger partial charge in [-0.1, -0.05) is 30.3 Å². The first kappa shape index (κ1) is 17.2. The van der Waals surface area contributed by atoms with Crippen molar-refractivity contribution in [1.29, 1.82) is 0 Å². The molecule has 132 valence electrons. The molecule has 1 atom stereocenters. The molecule has 0 bridgehead atoms. The van der Waals surface area contributed by atoms with Crippen molar-refractivity contribution in [1.82, 2.24) is 10.9 Å². The van der Waals surface area contributed by atoms with E-state index >= 15 is 0 Å². The fourth-order valence-corrected chi connectivity index (χ4v) is 2.64. The fraction of sp³-hybridized carbons (Fsp3) is 0.118. The lowest BCUT2D eigenvalue weighted by atomic mass is 10.2. The van der Waals surface area contributed by atoms with Crippen LogP contribution in [0.5, 0.6) is 0 Å². The minimum absolute atomic E-state index is 0.134. The molecule has 1 fully saturated rings. The number of amides is 3. The van der Waals surface area contributed by atoms with Gasteiger partial charge in [0, 0.05) is 6.07 Å². The Morgan fingerprint density at radius 2 is 1.73 bits per heavy atom. The molecule has 0 unspecified atom stereocenters. The summed E-state index contributed by atoms with van der Waals surface area (Å²) in [4.78, 5) is 48.1. The molecule has 0 spiro atoms. The van der Waals surface area contributed by atoms with Crippen molar-refractivity contribution >= 4 is 29.1 Å². The summed E-state index contributed by atoms with van der Waals surface area (Å²) in [6.07, 6.45) is -0.134. The van der Waals surface area contributed by atoms with Gasteiger partial charge in [-0.05, 0) is 18.2 Å². The number of nitro benzene ring substituents is 1. The molecule has 2 N–H and O–H groups in total. The molecule has 0 saturated carbocycles. The number of hydrogen-bond donors (Lipinski definition) is 2. The van der Waals surface area contributed by atoms with Crippen LogP contribution in [-0.4, -0.2) is 28.7 Å². The van der Waals surface area contributed by atoms with Crippen molar-refractivity contribution in [3.8, 4) is 0 Å². The molecule has 9 heteroatoms. The molecule has 1 saturated heterocycles. The Morgan fingerprint density at radius 3 is 2.42 bits per heavy atom. The van der Waals surface area contributed by atoms with Gasteiger partial charge in [0.25, 0.3) is 17.5 Å². The number of carbonyl (C=O) groups is 3. The molecular formula is C17H14N4O5. The second-order valence-corrected chi connectivity index (χ2v) is 5.53. The van der Waals surface area contributed by atoms with E-state index in [1.165, 1.54) is 24.3 Å². The van der Waals surface area contributed by atoms with Crippen molar-refractivity contribution in [3.63, 3.8) is 0 Å². The maximum Gasteiger partial charge on any atom is 0.282 e. The summed E-state index contributed by atoms with van der Waals surface area (Å²) in [5.41, 5.74) is 4.69. The summed E-state index contributed by atoms with van der Waals surface area (Å²) in [6, 6.07) is 12.9. The number of imide groups is 1. The molecular weight excluding hydrogens is 340 g/mol. The molecule has 3 rings (SSSR count). The number of nitrogens with zero attached hydrogens (tertiary/aromatic N) is 2. The predicted molar refractivity (Wildman–Crippen MR) is 91.0 cm³/mol. The van der Waals surface area contributed by atoms with E-state index in [0.717, 1.165) is 4.90 Å². The third-order valence-corrected chi connectivity index (χ3v) is 3.87. The minimum Gasteiger partial charge on any atom is -0.286 e. The van der Waals surface area contributed by atoms with Gasteiger partial charge in [-0.15, -0.1) is 0 Å². The molecule has 1 aliphatic rings. The highest BCUT2D eigenvalue weighted by atomic mass is 16.6. The van der Waals surface area contributed by atoms with Crippen molar-refractivity contribution in [2.75, 3.05) is 4.90 Å². The number of carbonyl (C=O) groups excluding carboxylic acids is 3. The highest BCUT2D eigenvalue weighted by molar-refractivity contribution is 6.22. The second-order valence-electron chi connectivity index (χ2n) is 5.53. The zero-order chi connectivity index (χ0) is 18.7. The Labute approximate surface area is 147 Å². The number of rotatable bonds is 5. The van der Waals surface area contributed by atoms with Gasteiger partial charge in [-0.3, -0.25) is 29.9 Å². The van der Waals surface area contributed by atoms with E-state index in [2.05, 4.69) is 10.9 Å². The lowest BCUT2D eigenvalue weighted by Crippen LogP contribution is -2.48. The Kier molecular flexibility index (Phi) is 4.72. The molecule has 1 heterocycles. The fourth-order valence-electron chi connectivity index (χ4n) is 2.64. The SMILES string of the molecule is O=C(NN[C@@H]1CC(=O)N(c2ccccc2)C1=O)c1ccccc1[N+](=O)[O-]. The number of benzene rings is 2. The van der Waals surface area contributed by atoms with E-state index in [4.69, 9.17) is 0 Å². The Bertz CT molecular complexity index is 884. The van der Waals surface area contributed by atoms with Crippen molar-refractivity contribution in [3.05, 3.63) is 70.3 Å². The van der Waals surface area contributed by atoms with Crippen LogP contribution in [0, 0.1) is 10.1 Å². The average Bonchev–Trinajstić information content (AvgIpc) is 2.93. The quantitative estimate of drug-likeness (QED) is 0.472. The molecule has 0 aromatic heterocycles. The maximum absolute atomic E-state index is 12.4. The molecule has 0 radical (unpaired) electrons. The first-order valence-corrected chi connectivity index (χ1v) is 7.70. The molecule has 1 aliphatic heterocycles. The normalized spacial score (nSPS) is 16.6. The van der Waals surface area contributed by atoms with Crippen molar-refractivity contribution in [2.45, 2.75) is 12.5 Å². The summed E-state index contributed by atoms with van der Waals surface area (Å²) in [6.45, 7) is 0. The van der Waals surface area contributed by atoms with E-state index in [-0.39, 0.29) is 17.7 Å². The minimum atomic E-state index is -0.950. The topological polar surface area (TPSA) is 122 Å². The van der Waals surface area contributed by atoms with Crippen LogP contribution in [0.2, 0.25) is 0 Å². The smallest absolute Gasteiger partial charge is 0.282 e. The van der Waals surface area contributed by atoms with Crippen LogP contribution >= 0.6 is 0 Å². The molecule has 2 aromatic rings. The summed E-state index contributed by atoms with van der Waals surface area (Å²) >= 11 is 0. The molecule has 2 aromatic carbocycles. The largest absolute Gasteiger partial charge is 0.286 e. The van der Waals surface area contributed by atoms with Gasteiger partial charge in [-0.2, -0.15) is 0 Å². The molecule has 26 heavy (non-hydrogen) atoms. The first-order valence-electron chi connectivity index (χ1n) is 7.70. The van der Waals surface area contributed by atoms with Gasteiger partial charge in [0.2, 0.25) is 5.91 Å². The third kappa shape index (κ3) is 3.28. The summed E-state index contributed by atoms with van der Waals surface area (Å²) in [5.74, 6) is -1.68. The number of hydrazine groups is 1. The van der Waals surface area contributed by atoms with Crippen LogP contribution in [0.3, 0.4) is 0 Å². The van der Waals surface area contributed by atoms with E-state index in [1.54, 1.807) is 30.3 Å². The Morgan fingerprint density at radius 1 is 1.08 bits per heavy atom. The highest BCUT2D eigenvalue weighted by Crippen LogP contribution is 2.22. The second kappa shape index (κ2) is 7.11. The van der Waals surface area contributed by atoms with Crippen molar-refractivity contribution in [2.24, 2.45) is 0 Å². The number of nitro groups is 1. The van der Waals surface area contributed by atoms with Crippen molar-refractivity contribution < 1.29 is 19.3 Å². The van der Waals surface area contributed by atoms with E-state index < -0.39 is 28.7 Å². The standard InChI is InChI=1S/C17H14N4O5/c22-15-10-13(17(24)20(15)11-6-2-1-3-7-11)18-19-16(23)12-8-4-5-9-14(12)21(25)26/h1-9,13,18H,10H2,(H,19,23)/t13-/m1/s1. The van der Waals surface area contributed by atoms with E-state index in [9.17, 15) is 24.5 Å². The lowest BCUT2D eigenvalue weighted by Gasteiger charge is -2.15. The van der Waals surface area contributed by atoms with Gasteiger partial charge in [0.1, 0.15) is 11.6 Å². The molecule has 3 amide bonds. The lowest BCUT2D eigenvalue weighted by molar-refractivity contribution is -0.385. The molecule has 9 nitrogen and oxygen atoms in total. The number of hydrogen-bond acceptors (Lipinski definition) is 6. The van der Waals surface area contributed by atoms with E-state index in [0.29, 0.717) is 5.69 Å². The van der Waals surface area contributed by atoms with Crippen LogP contribution in [0.1, 0.15) is 16.8 Å². The first-order chi connectivity index (χ1) is 12.5. The number of anilines is 1. The predicted octanol–water partition coefficient (Wildman–Crippen LogP) is 1.16. The van der Waals surface area contributed by atoms with Gasteiger partial charge < -0.3 is 0 Å². The summed E-state index contributed by atoms with van der Waals surface area (Å²) in [5, 5.41) is 11.0. The van der Waals surface area contributed by atoms with Gasteiger partial charge >= 0.3 is 0 Å². The van der Waals surface area contributed by atoms with Crippen LogP contribution < -0.4 is 15.8 Å². The van der Waals surface area contributed by atoms with Gasteiger partial charge in [-0.25, -0.2) is 10.3 Å². The highest BCUT2D eigenvalue weighted by Gasteiger charge is 2.39. The average molecular weight is 354 g/mol. The molecule has 0 aliphatic carbocycles. The van der Waals surface area contributed by atoms with Crippen LogP contribution in [-0.2, 0) is 9.59 Å². The van der Waals surface area contributed by atoms with Crippen LogP contribution in [0.15, 0.2) is 54.6 Å². The number of para-hydroxylation sites is 2. The zero-order valence-electron chi connectivity index (χ0n) is 13.4. The van der Waals surface area contributed by atoms with E-state index in [1.807, 2.05) is 0 Å². The van der Waals surface area contributed by atoms with Crippen LogP contribution in [0.4, 0.5) is 11.4 Å². The zero-order valence-corrected chi connectivity index (χ0v) is 13.4.